The molecule has 5 heterocycles. The van der Waals surface area contributed by atoms with Gasteiger partial charge < -0.3 is 23.9 Å². The van der Waals surface area contributed by atoms with Gasteiger partial charge in [0.05, 0.1) is 28.0 Å². The molecule has 0 unspecified atom stereocenters. The lowest BCUT2D eigenvalue weighted by molar-refractivity contribution is 0.0507. The molecular weight excluding hydrogens is 587 g/mol. The number of carbonyl (C=O) groups excluding carboxylic acids is 1. The number of oxazole rings is 1. The quantitative estimate of drug-likeness (QED) is 0.247. The highest BCUT2D eigenvalue weighted by Crippen LogP contribution is 2.33. The summed E-state index contributed by atoms with van der Waals surface area (Å²) in [5, 5.41) is 10.3. The maximum Gasteiger partial charge on any atom is 0.337 e. The second-order valence-corrected chi connectivity index (χ2v) is 12.0. The van der Waals surface area contributed by atoms with Gasteiger partial charge in [0.25, 0.3) is 5.91 Å². The summed E-state index contributed by atoms with van der Waals surface area (Å²) in [4.78, 5) is 43.1. The zero-order chi connectivity index (χ0) is 31.3. The van der Waals surface area contributed by atoms with Crippen molar-refractivity contribution < 1.29 is 23.5 Å². The van der Waals surface area contributed by atoms with Gasteiger partial charge in [0.1, 0.15) is 35.8 Å². The standard InChI is InChI=1S/C32H30ClFN6O4/c1-18-13-26(36-19(2)28(18)31(42)43)38-10-11-40(32(3,4)17-38)30(41)25-8-6-21-22(20-5-7-23(33)24(34)14-20)15-39(29(21)37-25)16-27-35-9-12-44-27/h5-9,12-15H,10-11,16-17H2,1-4H3,(H,42,43). The van der Waals surface area contributed by atoms with Gasteiger partial charge in [-0.3, -0.25) is 4.79 Å². The molecule has 5 aromatic rings. The number of aromatic carboxylic acids is 1. The van der Waals surface area contributed by atoms with E-state index >= 15 is 0 Å². The van der Waals surface area contributed by atoms with Crippen molar-refractivity contribution in [1.82, 2.24) is 24.4 Å². The van der Waals surface area contributed by atoms with Gasteiger partial charge in [0, 0.05) is 36.8 Å². The number of halogens is 2. The number of hydrogen-bond acceptors (Lipinski definition) is 7. The first-order valence-corrected chi connectivity index (χ1v) is 14.4. The zero-order valence-electron chi connectivity index (χ0n) is 24.6. The van der Waals surface area contributed by atoms with Gasteiger partial charge in [-0.05, 0) is 69.2 Å². The predicted octanol–water partition coefficient (Wildman–Crippen LogP) is 5.98. The lowest BCUT2D eigenvalue weighted by atomic mass is 9.97. The molecule has 1 saturated heterocycles. The average molecular weight is 617 g/mol. The van der Waals surface area contributed by atoms with Crippen molar-refractivity contribution in [3.05, 3.63) is 94.3 Å². The summed E-state index contributed by atoms with van der Waals surface area (Å²) >= 11 is 5.93. The minimum atomic E-state index is -1.00. The minimum Gasteiger partial charge on any atom is -0.478 e. The third kappa shape index (κ3) is 5.28. The van der Waals surface area contributed by atoms with Crippen molar-refractivity contribution in [2.75, 3.05) is 24.5 Å². The van der Waals surface area contributed by atoms with E-state index in [1.54, 1.807) is 43.1 Å². The molecule has 1 amide bonds. The van der Waals surface area contributed by atoms with Gasteiger partial charge in [-0.2, -0.15) is 0 Å². The molecular formula is C32H30ClFN6O4. The van der Waals surface area contributed by atoms with Gasteiger partial charge in [0.2, 0.25) is 5.89 Å². The maximum atomic E-state index is 14.4. The van der Waals surface area contributed by atoms with Crippen LogP contribution in [0.4, 0.5) is 10.2 Å². The Labute approximate surface area is 257 Å². The van der Waals surface area contributed by atoms with Crippen LogP contribution in [-0.4, -0.2) is 66.6 Å². The monoisotopic (exact) mass is 616 g/mol. The normalized spacial score (nSPS) is 14.8. The lowest BCUT2D eigenvalue weighted by Gasteiger charge is -2.47. The number of amides is 1. The van der Waals surface area contributed by atoms with Crippen LogP contribution < -0.4 is 4.90 Å². The number of rotatable bonds is 6. The average Bonchev–Trinajstić information content (AvgIpc) is 3.61. The molecule has 1 aliphatic heterocycles. The van der Waals surface area contributed by atoms with Gasteiger partial charge in [-0.1, -0.05) is 17.7 Å². The summed E-state index contributed by atoms with van der Waals surface area (Å²) in [5.41, 5.74) is 2.87. The Bertz CT molecular complexity index is 1900. The topological polar surface area (TPSA) is 118 Å². The summed E-state index contributed by atoms with van der Waals surface area (Å²) in [6.45, 7) is 9.12. The first kappa shape index (κ1) is 29.3. The van der Waals surface area contributed by atoms with Crippen molar-refractivity contribution in [2.24, 2.45) is 0 Å². The van der Waals surface area contributed by atoms with Crippen LogP contribution in [-0.2, 0) is 6.54 Å². The summed E-state index contributed by atoms with van der Waals surface area (Å²) in [6, 6.07) is 9.93. The Morgan fingerprint density at radius 1 is 1.11 bits per heavy atom. The van der Waals surface area contributed by atoms with E-state index in [1.807, 2.05) is 30.7 Å². The van der Waals surface area contributed by atoms with E-state index in [0.717, 1.165) is 10.9 Å². The van der Waals surface area contributed by atoms with Crippen molar-refractivity contribution in [3.63, 3.8) is 0 Å². The molecule has 10 nitrogen and oxygen atoms in total. The van der Waals surface area contributed by atoms with Crippen molar-refractivity contribution in [3.8, 4) is 11.1 Å². The van der Waals surface area contributed by atoms with Gasteiger partial charge >= 0.3 is 5.97 Å². The van der Waals surface area contributed by atoms with Gasteiger partial charge in [0.15, 0.2) is 0 Å². The number of hydrogen-bond donors (Lipinski definition) is 1. The molecule has 6 rings (SSSR count). The Balaban J connectivity index is 1.32. The predicted molar refractivity (Wildman–Crippen MR) is 164 cm³/mol. The Hall–Kier alpha value is -4.77. The van der Waals surface area contributed by atoms with Crippen LogP contribution in [0.25, 0.3) is 22.2 Å². The number of piperazine rings is 1. The van der Waals surface area contributed by atoms with E-state index in [9.17, 15) is 19.1 Å². The summed E-state index contributed by atoms with van der Waals surface area (Å²) in [5.74, 6) is -0.612. The van der Waals surface area contributed by atoms with Crippen LogP contribution in [0.1, 0.15) is 51.8 Å². The van der Waals surface area contributed by atoms with Gasteiger partial charge in [-0.15, -0.1) is 0 Å². The number of nitrogens with zero attached hydrogens (tertiary/aromatic N) is 6. The maximum absolute atomic E-state index is 14.4. The second-order valence-electron chi connectivity index (χ2n) is 11.5. The molecule has 226 valence electrons. The molecule has 12 heteroatoms. The molecule has 0 spiro atoms. The van der Waals surface area contributed by atoms with E-state index in [1.165, 1.54) is 18.4 Å². The molecule has 0 atom stereocenters. The smallest absolute Gasteiger partial charge is 0.337 e. The Morgan fingerprint density at radius 3 is 2.57 bits per heavy atom. The molecule has 0 saturated carbocycles. The highest BCUT2D eigenvalue weighted by molar-refractivity contribution is 6.30. The third-order valence-corrected chi connectivity index (χ3v) is 8.34. The number of fused-ring (bicyclic) bond motifs is 1. The highest BCUT2D eigenvalue weighted by atomic mass is 35.5. The minimum absolute atomic E-state index is 0.0318. The second kappa shape index (κ2) is 11.1. The fraction of sp³-hybridized carbons (Fsp3) is 0.281. The van der Waals surface area contributed by atoms with Gasteiger partial charge in [-0.25, -0.2) is 24.1 Å². The van der Waals surface area contributed by atoms with Crippen LogP contribution in [0.5, 0.6) is 0 Å². The Morgan fingerprint density at radius 2 is 1.91 bits per heavy atom. The Kier molecular flexibility index (Phi) is 7.36. The van der Waals surface area contributed by atoms with E-state index in [2.05, 4.69) is 14.9 Å². The van der Waals surface area contributed by atoms with E-state index in [-0.39, 0.29) is 28.7 Å². The molecule has 44 heavy (non-hydrogen) atoms. The number of carbonyl (C=O) groups is 2. The molecule has 1 aromatic carbocycles. The van der Waals surface area contributed by atoms with E-state index in [0.29, 0.717) is 53.8 Å². The lowest BCUT2D eigenvalue weighted by Crippen LogP contribution is -2.61. The molecule has 0 bridgehead atoms. The van der Waals surface area contributed by atoms with Crippen LogP contribution >= 0.6 is 11.6 Å². The van der Waals surface area contributed by atoms with Crippen LogP contribution in [0, 0.1) is 19.7 Å². The number of carboxylic acid groups (broad SMARTS) is 1. The largest absolute Gasteiger partial charge is 0.478 e. The highest BCUT2D eigenvalue weighted by Gasteiger charge is 2.38. The fourth-order valence-electron chi connectivity index (χ4n) is 5.94. The molecule has 0 radical (unpaired) electrons. The number of aryl methyl sites for hydroxylation is 2. The third-order valence-electron chi connectivity index (χ3n) is 8.03. The molecule has 4 aromatic heterocycles. The van der Waals surface area contributed by atoms with E-state index in [4.69, 9.17) is 21.0 Å². The molecule has 1 aliphatic rings. The fourth-order valence-corrected chi connectivity index (χ4v) is 6.05. The van der Waals surface area contributed by atoms with Crippen LogP contribution in [0.15, 0.2) is 59.5 Å². The van der Waals surface area contributed by atoms with Crippen molar-refractivity contribution >= 4 is 40.3 Å². The molecule has 0 aliphatic carbocycles. The van der Waals surface area contributed by atoms with E-state index < -0.39 is 17.3 Å². The summed E-state index contributed by atoms with van der Waals surface area (Å²) in [6.07, 6.45) is 4.88. The number of carboxylic acids is 1. The number of anilines is 1. The first-order chi connectivity index (χ1) is 20.9. The van der Waals surface area contributed by atoms with Crippen LogP contribution in [0.3, 0.4) is 0 Å². The van der Waals surface area contributed by atoms with Crippen molar-refractivity contribution in [2.45, 2.75) is 39.8 Å². The SMILES string of the molecule is Cc1cc(N2CCN(C(=O)c3ccc4c(-c5ccc(Cl)c(F)c5)cn(Cc5ncco5)c4n3)C(C)(C)C2)nc(C)c1C(=O)O. The van der Waals surface area contributed by atoms with Crippen LogP contribution in [0.2, 0.25) is 5.02 Å². The number of benzene rings is 1. The molecule has 1 N–H and O–H groups in total. The first-order valence-electron chi connectivity index (χ1n) is 14.0. The van der Waals surface area contributed by atoms with Crippen molar-refractivity contribution in [1.29, 1.82) is 0 Å². The number of pyridine rings is 2. The zero-order valence-corrected chi connectivity index (χ0v) is 25.4. The molecule has 1 fully saturated rings. The number of aromatic nitrogens is 4. The summed E-state index contributed by atoms with van der Waals surface area (Å²) < 4.78 is 21.7. The summed E-state index contributed by atoms with van der Waals surface area (Å²) in [7, 11) is 0.